The van der Waals surface area contributed by atoms with Crippen molar-refractivity contribution in [3.8, 4) is 11.5 Å². The molecule has 0 radical (unpaired) electrons. The highest BCUT2D eigenvalue weighted by molar-refractivity contribution is 7.89. The maximum Gasteiger partial charge on any atom is 0.243 e. The first-order chi connectivity index (χ1) is 15.9. The van der Waals surface area contributed by atoms with Crippen LogP contribution < -0.4 is 14.8 Å². The smallest absolute Gasteiger partial charge is 0.243 e. The van der Waals surface area contributed by atoms with Crippen molar-refractivity contribution < 1.29 is 22.7 Å². The van der Waals surface area contributed by atoms with Gasteiger partial charge in [-0.25, -0.2) is 8.42 Å². The molecular weight excluding hydrogens is 440 g/mol. The number of hydrogen-bond acceptors (Lipinski definition) is 5. The zero-order valence-corrected chi connectivity index (χ0v) is 20.5. The number of piperidine rings is 1. The maximum atomic E-state index is 13.1. The molecule has 0 aliphatic carbocycles. The standard InChI is InChI=1S/C25H34N2O5S/c1-4-23(19-8-11-21(31-2)12-9-19)26-25(28)15-10-20-18-22(13-14-24(20)32-3)33(29,30)27-16-6-5-7-17-27/h8-9,11-14,18,23H,4-7,10,15-17H2,1-3H3,(H,26,28). The number of aryl methyl sites for hydroxylation is 1. The van der Waals surface area contributed by atoms with E-state index in [1.165, 1.54) is 0 Å². The van der Waals surface area contributed by atoms with Crippen LogP contribution in [0.1, 0.15) is 56.2 Å². The molecule has 3 rings (SSSR count). The largest absolute Gasteiger partial charge is 0.497 e. The maximum absolute atomic E-state index is 13.1. The number of nitrogens with one attached hydrogen (secondary N) is 1. The van der Waals surface area contributed by atoms with Gasteiger partial charge in [-0.1, -0.05) is 25.5 Å². The summed E-state index contributed by atoms with van der Waals surface area (Å²) in [7, 11) is -0.376. The zero-order valence-electron chi connectivity index (χ0n) is 19.7. The lowest BCUT2D eigenvalue weighted by Crippen LogP contribution is -2.35. The second kappa shape index (κ2) is 11.5. The zero-order chi connectivity index (χ0) is 23.8. The fourth-order valence-corrected chi connectivity index (χ4v) is 5.71. The van der Waals surface area contributed by atoms with Crippen molar-refractivity contribution in [3.63, 3.8) is 0 Å². The molecule has 2 aromatic rings. The van der Waals surface area contributed by atoms with Crippen molar-refractivity contribution >= 4 is 15.9 Å². The molecule has 1 fully saturated rings. The third kappa shape index (κ3) is 6.26. The summed E-state index contributed by atoms with van der Waals surface area (Å²) < 4.78 is 38.3. The van der Waals surface area contributed by atoms with E-state index in [9.17, 15) is 13.2 Å². The average molecular weight is 475 g/mol. The van der Waals surface area contributed by atoms with Gasteiger partial charge in [-0.05, 0) is 67.1 Å². The highest BCUT2D eigenvalue weighted by atomic mass is 32.2. The van der Waals surface area contributed by atoms with Crippen LogP contribution in [0, 0.1) is 0 Å². The lowest BCUT2D eigenvalue weighted by Gasteiger charge is -2.26. The summed E-state index contributed by atoms with van der Waals surface area (Å²) in [4.78, 5) is 13.0. The minimum Gasteiger partial charge on any atom is -0.497 e. The second-order valence-electron chi connectivity index (χ2n) is 8.24. The van der Waals surface area contributed by atoms with E-state index in [1.54, 1.807) is 36.7 Å². The Morgan fingerprint density at radius 1 is 1.03 bits per heavy atom. The summed E-state index contributed by atoms with van der Waals surface area (Å²) in [5.41, 5.74) is 1.72. The molecule has 1 unspecified atom stereocenters. The van der Waals surface area contributed by atoms with Gasteiger partial charge in [0.1, 0.15) is 11.5 Å². The summed E-state index contributed by atoms with van der Waals surface area (Å²) in [6.45, 7) is 3.12. The number of nitrogens with zero attached hydrogens (tertiary/aromatic N) is 1. The van der Waals surface area contributed by atoms with E-state index in [0.717, 1.165) is 37.0 Å². The van der Waals surface area contributed by atoms with Gasteiger partial charge < -0.3 is 14.8 Å². The molecule has 0 bridgehead atoms. The van der Waals surface area contributed by atoms with Crippen molar-refractivity contribution in [2.45, 2.75) is 56.4 Å². The Morgan fingerprint density at radius 3 is 2.33 bits per heavy atom. The summed E-state index contributed by atoms with van der Waals surface area (Å²) in [6, 6.07) is 12.5. The number of sulfonamides is 1. The van der Waals surface area contributed by atoms with Crippen molar-refractivity contribution in [2.75, 3.05) is 27.3 Å². The van der Waals surface area contributed by atoms with Crippen molar-refractivity contribution in [3.05, 3.63) is 53.6 Å². The van der Waals surface area contributed by atoms with Crippen LogP contribution in [0.15, 0.2) is 47.4 Å². The first kappa shape index (κ1) is 25.1. The molecular formula is C25H34N2O5S. The molecule has 0 spiro atoms. The fraction of sp³-hybridized carbons (Fsp3) is 0.480. The number of methoxy groups -OCH3 is 2. The third-order valence-corrected chi connectivity index (χ3v) is 7.98. The number of rotatable bonds is 10. The lowest BCUT2D eigenvalue weighted by atomic mass is 10.0. The Morgan fingerprint density at radius 2 is 1.73 bits per heavy atom. The van der Waals surface area contributed by atoms with Gasteiger partial charge in [0.25, 0.3) is 0 Å². The van der Waals surface area contributed by atoms with Gasteiger partial charge in [0.05, 0.1) is 25.2 Å². The Kier molecular flexibility index (Phi) is 8.74. The molecule has 2 aromatic carbocycles. The van der Waals surface area contributed by atoms with Gasteiger partial charge in [-0.2, -0.15) is 4.31 Å². The number of benzene rings is 2. The SMILES string of the molecule is CCC(NC(=O)CCc1cc(S(=O)(=O)N2CCCCC2)ccc1OC)c1ccc(OC)cc1. The summed E-state index contributed by atoms with van der Waals surface area (Å²) >= 11 is 0. The Bertz CT molecular complexity index is 1030. The van der Waals surface area contributed by atoms with Gasteiger partial charge in [0, 0.05) is 19.5 Å². The molecule has 1 saturated heterocycles. The summed E-state index contributed by atoms with van der Waals surface area (Å²) in [5, 5.41) is 3.08. The first-order valence-corrected chi connectivity index (χ1v) is 12.9. The van der Waals surface area contributed by atoms with Crippen molar-refractivity contribution in [1.29, 1.82) is 0 Å². The molecule has 1 heterocycles. The molecule has 7 nitrogen and oxygen atoms in total. The first-order valence-electron chi connectivity index (χ1n) is 11.5. The molecule has 1 aliphatic rings. The quantitative estimate of drug-likeness (QED) is 0.561. The van der Waals surface area contributed by atoms with E-state index in [4.69, 9.17) is 9.47 Å². The van der Waals surface area contributed by atoms with E-state index in [2.05, 4.69) is 5.32 Å². The average Bonchev–Trinajstić information content (AvgIpc) is 2.86. The van der Waals surface area contributed by atoms with Crippen LogP contribution in [0.5, 0.6) is 11.5 Å². The lowest BCUT2D eigenvalue weighted by molar-refractivity contribution is -0.121. The van der Waals surface area contributed by atoms with Crippen LogP contribution >= 0.6 is 0 Å². The van der Waals surface area contributed by atoms with Crippen LogP contribution in [0.2, 0.25) is 0 Å². The molecule has 1 aliphatic heterocycles. The van der Waals surface area contributed by atoms with Crippen molar-refractivity contribution in [1.82, 2.24) is 9.62 Å². The van der Waals surface area contributed by atoms with E-state index < -0.39 is 10.0 Å². The van der Waals surface area contributed by atoms with E-state index in [-0.39, 0.29) is 23.3 Å². The van der Waals surface area contributed by atoms with Crippen LogP contribution in [-0.2, 0) is 21.2 Å². The molecule has 180 valence electrons. The van der Waals surface area contributed by atoms with Gasteiger partial charge in [-0.3, -0.25) is 4.79 Å². The minimum absolute atomic E-state index is 0.0935. The Labute approximate surface area is 197 Å². The molecule has 0 saturated carbocycles. The van der Waals surface area contributed by atoms with Gasteiger partial charge >= 0.3 is 0 Å². The van der Waals surface area contributed by atoms with E-state index in [0.29, 0.717) is 30.8 Å². The normalized spacial score (nSPS) is 15.6. The number of carbonyl (C=O) groups excluding carboxylic acids is 1. The predicted octanol–water partition coefficient (Wildman–Crippen LogP) is 4.08. The molecule has 0 aromatic heterocycles. The second-order valence-corrected chi connectivity index (χ2v) is 10.2. The van der Waals surface area contributed by atoms with Gasteiger partial charge in [0.15, 0.2) is 0 Å². The Hall–Kier alpha value is -2.58. The fourth-order valence-electron chi connectivity index (χ4n) is 4.14. The van der Waals surface area contributed by atoms with E-state index in [1.807, 2.05) is 31.2 Å². The number of carbonyl (C=O) groups is 1. The Balaban J connectivity index is 1.68. The van der Waals surface area contributed by atoms with Gasteiger partial charge in [0.2, 0.25) is 15.9 Å². The van der Waals surface area contributed by atoms with Crippen molar-refractivity contribution in [2.24, 2.45) is 0 Å². The third-order valence-electron chi connectivity index (χ3n) is 6.09. The monoisotopic (exact) mass is 474 g/mol. The van der Waals surface area contributed by atoms with Crippen LogP contribution in [0.3, 0.4) is 0 Å². The molecule has 33 heavy (non-hydrogen) atoms. The predicted molar refractivity (Wildman–Crippen MR) is 128 cm³/mol. The topological polar surface area (TPSA) is 84.9 Å². The molecule has 1 atom stereocenters. The van der Waals surface area contributed by atoms with Crippen LogP contribution in [0.4, 0.5) is 0 Å². The number of amides is 1. The molecule has 1 amide bonds. The molecule has 1 N–H and O–H groups in total. The van der Waals surface area contributed by atoms with E-state index >= 15 is 0 Å². The highest BCUT2D eigenvalue weighted by Crippen LogP contribution is 2.27. The minimum atomic E-state index is -3.55. The summed E-state index contributed by atoms with van der Waals surface area (Å²) in [5.74, 6) is 1.26. The molecule has 8 heteroatoms. The van der Waals surface area contributed by atoms with Crippen LogP contribution in [-0.4, -0.2) is 45.9 Å². The van der Waals surface area contributed by atoms with Crippen LogP contribution in [0.25, 0.3) is 0 Å². The number of hydrogen-bond donors (Lipinski definition) is 1. The highest BCUT2D eigenvalue weighted by Gasteiger charge is 2.26. The summed E-state index contributed by atoms with van der Waals surface area (Å²) in [6.07, 6.45) is 4.20. The van der Waals surface area contributed by atoms with Gasteiger partial charge in [-0.15, -0.1) is 0 Å². The number of ether oxygens (including phenoxy) is 2.